The lowest BCUT2D eigenvalue weighted by Crippen LogP contribution is -2.50. The van der Waals surface area contributed by atoms with Crippen molar-refractivity contribution < 1.29 is 9.18 Å². The number of fused-ring (bicyclic) bond motifs is 1. The number of halogens is 1. The van der Waals surface area contributed by atoms with Gasteiger partial charge in [0.25, 0.3) is 0 Å². The van der Waals surface area contributed by atoms with Crippen LogP contribution in [0.3, 0.4) is 0 Å². The molecule has 8 heteroatoms. The number of aryl methyl sites for hydroxylation is 1. The molecule has 1 aliphatic heterocycles. The van der Waals surface area contributed by atoms with Crippen LogP contribution in [0.25, 0.3) is 0 Å². The van der Waals surface area contributed by atoms with Crippen molar-refractivity contribution in [1.29, 1.82) is 0 Å². The van der Waals surface area contributed by atoms with Crippen molar-refractivity contribution in [1.82, 2.24) is 15.0 Å². The summed E-state index contributed by atoms with van der Waals surface area (Å²) >= 11 is 0. The zero-order chi connectivity index (χ0) is 20.7. The summed E-state index contributed by atoms with van der Waals surface area (Å²) in [4.78, 5) is 27.9. The first-order valence-electron chi connectivity index (χ1n) is 10.1. The van der Waals surface area contributed by atoms with E-state index in [1.165, 1.54) is 12.3 Å². The van der Waals surface area contributed by atoms with Crippen molar-refractivity contribution in [3.63, 3.8) is 0 Å². The van der Waals surface area contributed by atoms with Gasteiger partial charge in [0.1, 0.15) is 29.2 Å². The van der Waals surface area contributed by atoms with Crippen LogP contribution in [-0.4, -0.2) is 40.0 Å². The molecule has 1 aliphatic carbocycles. The Kier molecular flexibility index (Phi) is 5.10. The molecule has 0 aromatic carbocycles. The van der Waals surface area contributed by atoms with Gasteiger partial charge in [0.2, 0.25) is 5.91 Å². The van der Waals surface area contributed by atoms with E-state index >= 15 is 0 Å². The van der Waals surface area contributed by atoms with Crippen LogP contribution in [0, 0.1) is 24.6 Å². The predicted molar refractivity (Wildman–Crippen MR) is 110 cm³/mol. The number of amides is 1. The summed E-state index contributed by atoms with van der Waals surface area (Å²) in [6.07, 6.45) is 4.03. The molecule has 0 radical (unpaired) electrons. The van der Waals surface area contributed by atoms with E-state index in [1.54, 1.807) is 6.07 Å². The number of hydrogen-bond donors (Lipinski definition) is 2. The first kappa shape index (κ1) is 19.5. The lowest BCUT2D eigenvalue weighted by molar-refractivity contribution is -0.118. The molecule has 3 heterocycles. The van der Waals surface area contributed by atoms with Crippen LogP contribution in [-0.2, 0) is 11.2 Å². The highest BCUT2D eigenvalue weighted by Gasteiger charge is 2.36. The highest BCUT2D eigenvalue weighted by molar-refractivity contribution is 6.03. The molecule has 29 heavy (non-hydrogen) atoms. The number of carbonyl (C=O) groups excluding carboxylic acids is 1. The third-order valence-corrected chi connectivity index (χ3v) is 5.80. The summed E-state index contributed by atoms with van der Waals surface area (Å²) in [6.45, 7) is 6.00. The standard InChI is InChI=1S/C21H27FN6O/c1-11(2)19-21(29)27-18-12(3)24-17(26-20(18)28(19)4)9-13-7-15(8-13)25-16-6-5-14(22)10-23-16/h5-6,10-11,13,15,19H,7-9H2,1-4H3,(H,23,25)(H,27,29)/t13?,15?,19-/m0/s1. The van der Waals surface area contributed by atoms with Crippen molar-refractivity contribution in [2.24, 2.45) is 11.8 Å². The van der Waals surface area contributed by atoms with E-state index in [9.17, 15) is 9.18 Å². The number of carbonyl (C=O) groups is 1. The number of nitrogens with one attached hydrogen (secondary N) is 2. The maximum Gasteiger partial charge on any atom is 0.247 e. The average molecular weight is 398 g/mol. The summed E-state index contributed by atoms with van der Waals surface area (Å²) < 4.78 is 13.0. The Labute approximate surface area is 170 Å². The molecule has 1 saturated carbocycles. The van der Waals surface area contributed by atoms with Gasteiger partial charge in [-0.3, -0.25) is 4.79 Å². The molecular weight excluding hydrogens is 371 g/mol. The largest absolute Gasteiger partial charge is 0.367 e. The van der Waals surface area contributed by atoms with Crippen LogP contribution in [0.1, 0.15) is 38.2 Å². The van der Waals surface area contributed by atoms with Crippen LogP contribution in [0.2, 0.25) is 0 Å². The fourth-order valence-electron chi connectivity index (χ4n) is 4.31. The van der Waals surface area contributed by atoms with E-state index in [-0.39, 0.29) is 23.7 Å². The molecule has 4 rings (SSSR count). The van der Waals surface area contributed by atoms with Crippen molar-refractivity contribution >= 4 is 23.2 Å². The molecule has 0 saturated heterocycles. The molecule has 7 nitrogen and oxygen atoms in total. The Balaban J connectivity index is 1.41. The lowest BCUT2D eigenvalue weighted by Gasteiger charge is -2.38. The third kappa shape index (κ3) is 3.88. The number of pyridine rings is 1. The highest BCUT2D eigenvalue weighted by atomic mass is 19.1. The molecule has 2 aromatic heterocycles. The maximum absolute atomic E-state index is 13.0. The van der Waals surface area contributed by atoms with Crippen molar-refractivity contribution in [2.45, 2.75) is 52.1 Å². The molecular formula is C21H27FN6O. The second-order valence-corrected chi connectivity index (χ2v) is 8.46. The van der Waals surface area contributed by atoms with Crippen LogP contribution in [0.4, 0.5) is 21.7 Å². The topological polar surface area (TPSA) is 83.0 Å². The summed E-state index contributed by atoms with van der Waals surface area (Å²) in [5.74, 6) is 2.66. The van der Waals surface area contributed by atoms with E-state index in [0.29, 0.717) is 23.5 Å². The molecule has 1 fully saturated rings. The number of hydrogen-bond acceptors (Lipinski definition) is 6. The normalized spacial score (nSPS) is 23.4. The number of anilines is 3. The van der Waals surface area contributed by atoms with Gasteiger partial charge >= 0.3 is 0 Å². The predicted octanol–water partition coefficient (Wildman–Crippen LogP) is 3.17. The number of aromatic nitrogens is 3. The van der Waals surface area contributed by atoms with Gasteiger partial charge in [-0.2, -0.15) is 0 Å². The maximum atomic E-state index is 13.0. The molecule has 154 valence electrons. The zero-order valence-electron chi connectivity index (χ0n) is 17.2. The van der Waals surface area contributed by atoms with Gasteiger partial charge in [0.15, 0.2) is 5.82 Å². The van der Waals surface area contributed by atoms with Gasteiger partial charge in [0.05, 0.1) is 11.9 Å². The van der Waals surface area contributed by atoms with Gasteiger partial charge in [-0.1, -0.05) is 13.8 Å². The van der Waals surface area contributed by atoms with E-state index in [4.69, 9.17) is 4.98 Å². The third-order valence-electron chi connectivity index (χ3n) is 5.80. The highest BCUT2D eigenvalue weighted by Crippen LogP contribution is 2.36. The van der Waals surface area contributed by atoms with Crippen molar-refractivity contribution in [3.05, 3.63) is 35.7 Å². The van der Waals surface area contributed by atoms with Crippen LogP contribution >= 0.6 is 0 Å². The summed E-state index contributed by atoms with van der Waals surface area (Å²) in [7, 11) is 1.93. The van der Waals surface area contributed by atoms with Crippen molar-refractivity contribution in [2.75, 3.05) is 22.6 Å². The van der Waals surface area contributed by atoms with E-state index < -0.39 is 0 Å². The van der Waals surface area contributed by atoms with Gasteiger partial charge in [-0.15, -0.1) is 0 Å². The Bertz CT molecular complexity index is 910. The van der Waals surface area contributed by atoms with E-state index in [0.717, 1.165) is 36.6 Å². The molecule has 1 amide bonds. The van der Waals surface area contributed by atoms with Gasteiger partial charge in [-0.25, -0.2) is 19.3 Å². The summed E-state index contributed by atoms with van der Waals surface area (Å²) in [6, 6.07) is 3.18. The monoisotopic (exact) mass is 398 g/mol. The summed E-state index contributed by atoms with van der Waals surface area (Å²) in [5, 5.41) is 6.33. The molecule has 1 atom stereocenters. The second-order valence-electron chi connectivity index (χ2n) is 8.46. The van der Waals surface area contributed by atoms with E-state index in [1.807, 2.05) is 32.7 Å². The molecule has 0 spiro atoms. The second kappa shape index (κ2) is 7.57. The lowest BCUT2D eigenvalue weighted by atomic mass is 9.78. The Morgan fingerprint density at radius 2 is 2.07 bits per heavy atom. The van der Waals surface area contributed by atoms with Crippen molar-refractivity contribution in [3.8, 4) is 0 Å². The van der Waals surface area contributed by atoms with Gasteiger partial charge in [0, 0.05) is 19.5 Å². The Morgan fingerprint density at radius 1 is 1.31 bits per heavy atom. The minimum absolute atomic E-state index is 0.00300. The van der Waals surface area contributed by atoms with Crippen LogP contribution in [0.15, 0.2) is 18.3 Å². The molecule has 2 N–H and O–H groups in total. The zero-order valence-corrected chi connectivity index (χ0v) is 17.2. The van der Waals surface area contributed by atoms with Gasteiger partial charge in [-0.05, 0) is 43.7 Å². The summed E-state index contributed by atoms with van der Waals surface area (Å²) in [5.41, 5.74) is 1.52. The van der Waals surface area contributed by atoms with Crippen LogP contribution < -0.4 is 15.5 Å². The first-order chi connectivity index (χ1) is 13.8. The Hall–Kier alpha value is -2.77. The fourth-order valence-corrected chi connectivity index (χ4v) is 4.31. The minimum Gasteiger partial charge on any atom is -0.367 e. The molecule has 0 unspecified atom stereocenters. The van der Waals surface area contributed by atoms with Gasteiger partial charge < -0.3 is 15.5 Å². The SMILES string of the molecule is Cc1nc(CC2CC(Nc3ccc(F)cn3)C2)nc2c1NC(=O)[C@H](C(C)C)N2C. The smallest absolute Gasteiger partial charge is 0.247 e. The number of likely N-dealkylation sites (N-methyl/N-ethyl adjacent to an activating group) is 1. The average Bonchev–Trinajstić information content (AvgIpc) is 2.62. The first-order valence-corrected chi connectivity index (χ1v) is 10.1. The minimum atomic E-state index is -0.331. The molecule has 2 aliphatic rings. The van der Waals surface area contributed by atoms with Crippen LogP contribution in [0.5, 0.6) is 0 Å². The number of rotatable bonds is 5. The quantitative estimate of drug-likeness (QED) is 0.805. The fraction of sp³-hybridized carbons (Fsp3) is 0.524. The van der Waals surface area contributed by atoms with E-state index in [2.05, 4.69) is 20.6 Å². The molecule has 2 aromatic rings. The molecule has 0 bridgehead atoms. The Morgan fingerprint density at radius 3 is 2.72 bits per heavy atom. The number of nitrogens with zero attached hydrogens (tertiary/aromatic N) is 4.